The van der Waals surface area contributed by atoms with Crippen molar-refractivity contribution in [3.05, 3.63) is 16.1 Å². The van der Waals surface area contributed by atoms with E-state index in [1.165, 1.54) is 10.7 Å². The number of aromatic nitrogens is 1. The van der Waals surface area contributed by atoms with Crippen molar-refractivity contribution in [1.82, 2.24) is 10.3 Å². The minimum atomic E-state index is 0.141. The molecule has 1 atom stereocenters. The molecule has 0 saturated carbocycles. The van der Waals surface area contributed by atoms with Crippen LogP contribution < -0.4 is 5.32 Å². The van der Waals surface area contributed by atoms with Crippen molar-refractivity contribution in [3.8, 4) is 0 Å². The van der Waals surface area contributed by atoms with Crippen LogP contribution in [0.2, 0.25) is 0 Å². The van der Waals surface area contributed by atoms with E-state index in [2.05, 4.69) is 38.4 Å². The Morgan fingerprint density at radius 2 is 2.17 bits per heavy atom. The molecule has 1 aromatic heterocycles. The van der Waals surface area contributed by atoms with E-state index in [9.17, 15) is 0 Å². The first kappa shape index (κ1) is 15.6. The van der Waals surface area contributed by atoms with Crippen molar-refractivity contribution in [3.63, 3.8) is 0 Å². The number of nitrogens with one attached hydrogen (secondary N) is 1. The number of likely N-dealkylation sites (N-methyl/N-ethyl adjacent to an activating group) is 1. The molecule has 0 aliphatic carbocycles. The molecule has 0 spiro atoms. The largest absolute Gasteiger partial charge is 0.380 e. The number of thiazole rings is 1. The second-order valence-corrected chi connectivity index (χ2v) is 6.58. The monoisotopic (exact) mass is 270 g/mol. The zero-order valence-corrected chi connectivity index (χ0v) is 13.1. The first-order chi connectivity index (χ1) is 8.47. The maximum absolute atomic E-state index is 5.60. The minimum absolute atomic E-state index is 0.141. The van der Waals surface area contributed by atoms with Crippen LogP contribution in [0.5, 0.6) is 0 Å². The van der Waals surface area contributed by atoms with Gasteiger partial charge >= 0.3 is 0 Å². The fourth-order valence-electron chi connectivity index (χ4n) is 1.57. The topological polar surface area (TPSA) is 34.1 Å². The molecule has 3 nitrogen and oxygen atoms in total. The molecular formula is C14H26N2OS. The highest BCUT2D eigenvalue weighted by Crippen LogP contribution is 2.24. The number of rotatable bonds is 7. The molecule has 1 N–H and O–H groups in total. The third-order valence-electron chi connectivity index (χ3n) is 2.82. The molecule has 0 fully saturated rings. The Bertz CT molecular complexity index is 344. The van der Waals surface area contributed by atoms with Crippen LogP contribution in [-0.4, -0.2) is 31.3 Å². The van der Waals surface area contributed by atoms with Crippen LogP contribution in [0.15, 0.2) is 5.38 Å². The van der Waals surface area contributed by atoms with Crippen molar-refractivity contribution in [1.29, 1.82) is 0 Å². The van der Waals surface area contributed by atoms with Crippen LogP contribution in [0.3, 0.4) is 0 Å². The highest BCUT2D eigenvalue weighted by Gasteiger charge is 2.18. The first-order valence-electron chi connectivity index (χ1n) is 6.67. The Morgan fingerprint density at radius 3 is 2.67 bits per heavy atom. The van der Waals surface area contributed by atoms with E-state index in [-0.39, 0.29) is 5.41 Å². The molecule has 0 saturated heterocycles. The van der Waals surface area contributed by atoms with E-state index in [0.29, 0.717) is 6.04 Å². The number of hydrogen-bond acceptors (Lipinski definition) is 4. The Morgan fingerprint density at radius 1 is 1.44 bits per heavy atom. The van der Waals surface area contributed by atoms with Gasteiger partial charge < -0.3 is 10.1 Å². The van der Waals surface area contributed by atoms with Gasteiger partial charge in [-0.1, -0.05) is 27.7 Å². The quantitative estimate of drug-likeness (QED) is 0.773. The van der Waals surface area contributed by atoms with Crippen molar-refractivity contribution in [2.75, 3.05) is 20.3 Å². The maximum atomic E-state index is 5.60. The SMILES string of the molecule is CCCOCC(Cc1nc(C(C)(C)C)cs1)NC. The predicted molar refractivity (Wildman–Crippen MR) is 78.5 cm³/mol. The van der Waals surface area contributed by atoms with Crippen LogP contribution in [-0.2, 0) is 16.6 Å². The molecule has 18 heavy (non-hydrogen) atoms. The fourth-order valence-corrected chi connectivity index (χ4v) is 2.68. The van der Waals surface area contributed by atoms with Gasteiger partial charge in [-0.25, -0.2) is 4.98 Å². The van der Waals surface area contributed by atoms with Gasteiger partial charge in [-0.05, 0) is 13.5 Å². The van der Waals surface area contributed by atoms with Gasteiger partial charge in [0.15, 0.2) is 0 Å². The highest BCUT2D eigenvalue weighted by atomic mass is 32.1. The van der Waals surface area contributed by atoms with Gasteiger partial charge in [-0.15, -0.1) is 11.3 Å². The van der Waals surface area contributed by atoms with Gasteiger partial charge in [0.05, 0.1) is 17.3 Å². The van der Waals surface area contributed by atoms with E-state index in [0.717, 1.165) is 26.1 Å². The van der Waals surface area contributed by atoms with Crippen molar-refractivity contribution in [2.24, 2.45) is 0 Å². The molecule has 1 unspecified atom stereocenters. The van der Waals surface area contributed by atoms with Crippen LogP contribution in [0, 0.1) is 0 Å². The Balaban J connectivity index is 2.51. The lowest BCUT2D eigenvalue weighted by atomic mass is 9.93. The van der Waals surface area contributed by atoms with E-state index < -0.39 is 0 Å². The summed E-state index contributed by atoms with van der Waals surface area (Å²) in [6.45, 7) is 10.3. The fraction of sp³-hybridized carbons (Fsp3) is 0.786. The second kappa shape index (κ2) is 7.22. The molecule has 1 rings (SSSR count). The average molecular weight is 270 g/mol. The number of ether oxygens (including phenoxy) is 1. The lowest BCUT2D eigenvalue weighted by Crippen LogP contribution is -2.32. The molecule has 0 aliphatic heterocycles. The van der Waals surface area contributed by atoms with Crippen LogP contribution >= 0.6 is 11.3 Å². The predicted octanol–water partition coefficient (Wildman–Crippen LogP) is 3.00. The second-order valence-electron chi connectivity index (χ2n) is 5.64. The third-order valence-corrected chi connectivity index (χ3v) is 3.69. The van der Waals surface area contributed by atoms with Crippen molar-refractivity contribution >= 4 is 11.3 Å². The van der Waals surface area contributed by atoms with Gasteiger partial charge in [-0.2, -0.15) is 0 Å². The molecule has 0 aromatic carbocycles. The molecular weight excluding hydrogens is 244 g/mol. The smallest absolute Gasteiger partial charge is 0.0944 e. The summed E-state index contributed by atoms with van der Waals surface area (Å²) in [6, 6.07) is 0.357. The molecule has 4 heteroatoms. The minimum Gasteiger partial charge on any atom is -0.380 e. The van der Waals surface area contributed by atoms with Gasteiger partial charge in [0.2, 0.25) is 0 Å². The van der Waals surface area contributed by atoms with Gasteiger partial charge in [-0.3, -0.25) is 0 Å². The molecule has 0 radical (unpaired) electrons. The Kier molecular flexibility index (Phi) is 6.26. The number of hydrogen-bond donors (Lipinski definition) is 1. The van der Waals surface area contributed by atoms with Gasteiger partial charge in [0.25, 0.3) is 0 Å². The van der Waals surface area contributed by atoms with Gasteiger partial charge in [0.1, 0.15) is 0 Å². The zero-order chi connectivity index (χ0) is 13.6. The third kappa shape index (κ3) is 5.04. The Labute approximate surface area is 115 Å². The van der Waals surface area contributed by atoms with E-state index in [1.807, 2.05) is 7.05 Å². The van der Waals surface area contributed by atoms with Gasteiger partial charge in [0, 0.05) is 29.9 Å². The summed E-state index contributed by atoms with van der Waals surface area (Å²) in [7, 11) is 1.98. The summed E-state index contributed by atoms with van der Waals surface area (Å²) in [5.74, 6) is 0. The molecule has 1 heterocycles. The van der Waals surface area contributed by atoms with E-state index in [1.54, 1.807) is 11.3 Å². The van der Waals surface area contributed by atoms with Crippen molar-refractivity contribution in [2.45, 2.75) is 52.0 Å². The molecule has 0 amide bonds. The van der Waals surface area contributed by atoms with Crippen molar-refractivity contribution < 1.29 is 4.74 Å². The lowest BCUT2D eigenvalue weighted by Gasteiger charge is -2.16. The summed E-state index contributed by atoms with van der Waals surface area (Å²) in [5, 5.41) is 6.67. The van der Waals surface area contributed by atoms with E-state index >= 15 is 0 Å². The summed E-state index contributed by atoms with van der Waals surface area (Å²) >= 11 is 1.75. The van der Waals surface area contributed by atoms with Crippen LogP contribution in [0.25, 0.3) is 0 Å². The molecule has 0 aliphatic rings. The summed E-state index contributed by atoms with van der Waals surface area (Å²) < 4.78 is 5.60. The standard InChI is InChI=1S/C14H26N2OS/c1-6-7-17-9-11(15-5)8-13-16-12(10-18-13)14(2,3)4/h10-11,15H,6-9H2,1-5H3. The maximum Gasteiger partial charge on any atom is 0.0944 e. The highest BCUT2D eigenvalue weighted by molar-refractivity contribution is 7.09. The number of nitrogens with zero attached hydrogens (tertiary/aromatic N) is 1. The van der Waals surface area contributed by atoms with Crippen LogP contribution in [0.1, 0.15) is 44.8 Å². The lowest BCUT2D eigenvalue weighted by molar-refractivity contribution is 0.114. The average Bonchev–Trinajstić information content (AvgIpc) is 2.76. The van der Waals surface area contributed by atoms with Crippen LogP contribution in [0.4, 0.5) is 0 Å². The Hall–Kier alpha value is -0.450. The first-order valence-corrected chi connectivity index (χ1v) is 7.55. The molecule has 1 aromatic rings. The molecule has 104 valence electrons. The summed E-state index contributed by atoms with van der Waals surface area (Å²) in [6.07, 6.45) is 2.02. The summed E-state index contributed by atoms with van der Waals surface area (Å²) in [5.41, 5.74) is 1.33. The zero-order valence-electron chi connectivity index (χ0n) is 12.2. The summed E-state index contributed by atoms with van der Waals surface area (Å²) in [4.78, 5) is 4.72. The van der Waals surface area contributed by atoms with E-state index in [4.69, 9.17) is 9.72 Å². The molecule has 0 bridgehead atoms. The normalized spacial score (nSPS) is 13.8.